The predicted octanol–water partition coefficient (Wildman–Crippen LogP) is 1.13. The lowest BCUT2D eigenvalue weighted by Crippen LogP contribution is -2.18. The topological polar surface area (TPSA) is 35.2 Å². The van der Waals surface area contributed by atoms with E-state index in [4.69, 9.17) is 10.5 Å². The second kappa shape index (κ2) is 3.90. The molecule has 13 heavy (non-hydrogen) atoms. The Balaban J connectivity index is 1.97. The maximum Gasteiger partial charge on any atom is 0.0656 e. The molecule has 2 rings (SSSR count). The van der Waals surface area contributed by atoms with Crippen LogP contribution in [0.5, 0.6) is 0 Å². The van der Waals surface area contributed by atoms with Crippen molar-refractivity contribution in [2.45, 2.75) is 18.9 Å². The van der Waals surface area contributed by atoms with Crippen LogP contribution in [0.1, 0.15) is 11.1 Å². The van der Waals surface area contributed by atoms with Gasteiger partial charge >= 0.3 is 0 Å². The highest BCUT2D eigenvalue weighted by Crippen LogP contribution is 2.23. The van der Waals surface area contributed by atoms with Gasteiger partial charge in [0, 0.05) is 6.54 Å². The Morgan fingerprint density at radius 1 is 1.23 bits per heavy atom. The molecule has 2 heteroatoms. The molecule has 0 spiro atoms. The summed E-state index contributed by atoms with van der Waals surface area (Å²) in [4.78, 5) is 0. The molecular formula is C11H15NO. The first-order valence-corrected chi connectivity index (χ1v) is 4.78. The third-order valence-electron chi connectivity index (χ3n) is 2.48. The largest absolute Gasteiger partial charge is 0.376 e. The number of ether oxygens (including phenoxy) is 1. The summed E-state index contributed by atoms with van der Waals surface area (Å²) in [5, 5.41) is 0. The summed E-state index contributed by atoms with van der Waals surface area (Å²) in [5.41, 5.74) is 8.26. The van der Waals surface area contributed by atoms with E-state index in [0.717, 1.165) is 12.8 Å². The molecule has 0 amide bonds. The molecule has 0 radical (unpaired) electrons. The van der Waals surface area contributed by atoms with Gasteiger partial charge < -0.3 is 10.5 Å². The van der Waals surface area contributed by atoms with Crippen molar-refractivity contribution in [1.82, 2.24) is 0 Å². The molecule has 0 saturated carbocycles. The minimum absolute atomic E-state index is 0.362. The van der Waals surface area contributed by atoms with Crippen LogP contribution in [-0.4, -0.2) is 19.3 Å². The molecule has 70 valence electrons. The Morgan fingerprint density at radius 2 is 1.85 bits per heavy atom. The zero-order valence-corrected chi connectivity index (χ0v) is 7.70. The number of benzene rings is 1. The van der Waals surface area contributed by atoms with Crippen LogP contribution in [0.2, 0.25) is 0 Å². The van der Waals surface area contributed by atoms with Gasteiger partial charge in [-0.3, -0.25) is 0 Å². The minimum atomic E-state index is 0.362. The first-order chi connectivity index (χ1) is 6.40. The van der Waals surface area contributed by atoms with E-state index >= 15 is 0 Å². The molecule has 1 aromatic carbocycles. The second-order valence-corrected chi connectivity index (χ2v) is 3.46. The third-order valence-corrected chi connectivity index (χ3v) is 2.48. The van der Waals surface area contributed by atoms with Gasteiger partial charge in [0.15, 0.2) is 0 Å². The van der Waals surface area contributed by atoms with Gasteiger partial charge in [-0.1, -0.05) is 24.3 Å². The lowest BCUT2D eigenvalue weighted by atomic mass is 10.1. The van der Waals surface area contributed by atoms with Crippen LogP contribution in [0.4, 0.5) is 0 Å². The van der Waals surface area contributed by atoms with Gasteiger partial charge in [0.05, 0.1) is 12.7 Å². The highest BCUT2D eigenvalue weighted by atomic mass is 16.5. The molecule has 0 aromatic heterocycles. The van der Waals surface area contributed by atoms with E-state index in [9.17, 15) is 0 Å². The fourth-order valence-corrected chi connectivity index (χ4v) is 1.87. The Hall–Kier alpha value is -0.860. The van der Waals surface area contributed by atoms with Crippen LogP contribution in [0, 0.1) is 0 Å². The number of hydrogen-bond donors (Lipinski definition) is 1. The van der Waals surface area contributed by atoms with Gasteiger partial charge in [-0.25, -0.2) is 0 Å². The van der Waals surface area contributed by atoms with E-state index in [1.807, 2.05) is 0 Å². The van der Waals surface area contributed by atoms with Crippen molar-refractivity contribution in [3.63, 3.8) is 0 Å². The molecule has 0 atom stereocenters. The summed E-state index contributed by atoms with van der Waals surface area (Å²) in [7, 11) is 0. The summed E-state index contributed by atoms with van der Waals surface area (Å²) in [6.45, 7) is 1.30. The second-order valence-electron chi connectivity index (χ2n) is 3.46. The lowest BCUT2D eigenvalue weighted by molar-refractivity contribution is 0.0665. The highest BCUT2D eigenvalue weighted by Gasteiger charge is 2.20. The molecule has 2 N–H and O–H groups in total. The normalized spacial score (nSPS) is 16.1. The number of rotatable bonds is 3. The van der Waals surface area contributed by atoms with Crippen molar-refractivity contribution in [2.75, 3.05) is 13.2 Å². The summed E-state index contributed by atoms with van der Waals surface area (Å²) in [6, 6.07) is 8.54. The van der Waals surface area contributed by atoms with Gasteiger partial charge in [-0.05, 0) is 24.0 Å². The van der Waals surface area contributed by atoms with Crippen LogP contribution in [0.25, 0.3) is 0 Å². The van der Waals surface area contributed by atoms with E-state index in [2.05, 4.69) is 24.3 Å². The van der Waals surface area contributed by atoms with E-state index in [0.29, 0.717) is 19.3 Å². The molecule has 2 nitrogen and oxygen atoms in total. The fraction of sp³-hybridized carbons (Fsp3) is 0.455. The number of fused-ring (bicyclic) bond motifs is 1. The SMILES string of the molecule is NCCOC1Cc2ccccc2C1. The summed E-state index contributed by atoms with van der Waals surface area (Å²) < 4.78 is 5.61. The van der Waals surface area contributed by atoms with Gasteiger partial charge in [0.25, 0.3) is 0 Å². The van der Waals surface area contributed by atoms with Gasteiger partial charge in [0.1, 0.15) is 0 Å². The van der Waals surface area contributed by atoms with E-state index in [1.165, 1.54) is 11.1 Å². The minimum Gasteiger partial charge on any atom is -0.376 e. The highest BCUT2D eigenvalue weighted by molar-refractivity contribution is 5.32. The van der Waals surface area contributed by atoms with Crippen LogP contribution in [-0.2, 0) is 17.6 Å². The van der Waals surface area contributed by atoms with Crippen molar-refractivity contribution < 1.29 is 4.74 Å². The van der Waals surface area contributed by atoms with Gasteiger partial charge in [-0.15, -0.1) is 0 Å². The first kappa shape index (κ1) is 8.73. The molecule has 1 aliphatic carbocycles. The molecule has 1 aliphatic rings. The molecule has 0 unspecified atom stereocenters. The molecule has 0 fully saturated rings. The summed E-state index contributed by atoms with van der Waals surface area (Å²) >= 11 is 0. The van der Waals surface area contributed by atoms with E-state index in [1.54, 1.807) is 0 Å². The van der Waals surface area contributed by atoms with Crippen molar-refractivity contribution in [1.29, 1.82) is 0 Å². The van der Waals surface area contributed by atoms with Crippen LogP contribution in [0.3, 0.4) is 0 Å². The van der Waals surface area contributed by atoms with Crippen molar-refractivity contribution in [2.24, 2.45) is 5.73 Å². The zero-order chi connectivity index (χ0) is 9.10. The predicted molar refractivity (Wildman–Crippen MR) is 52.6 cm³/mol. The quantitative estimate of drug-likeness (QED) is 0.751. The fourth-order valence-electron chi connectivity index (χ4n) is 1.87. The standard InChI is InChI=1S/C11H15NO/c12-5-6-13-11-7-9-3-1-2-4-10(9)8-11/h1-4,11H,5-8,12H2. The Morgan fingerprint density at radius 3 is 2.38 bits per heavy atom. The molecule has 0 heterocycles. The Bertz CT molecular complexity index is 260. The Labute approximate surface area is 78.7 Å². The lowest BCUT2D eigenvalue weighted by Gasteiger charge is -2.08. The van der Waals surface area contributed by atoms with E-state index in [-0.39, 0.29) is 0 Å². The molecule has 0 aliphatic heterocycles. The van der Waals surface area contributed by atoms with Gasteiger partial charge in [0.2, 0.25) is 0 Å². The summed E-state index contributed by atoms with van der Waals surface area (Å²) in [5.74, 6) is 0. The van der Waals surface area contributed by atoms with Crippen LogP contribution < -0.4 is 5.73 Å². The van der Waals surface area contributed by atoms with Crippen molar-refractivity contribution >= 4 is 0 Å². The van der Waals surface area contributed by atoms with E-state index < -0.39 is 0 Å². The molecule has 1 aromatic rings. The maximum atomic E-state index is 5.61. The first-order valence-electron chi connectivity index (χ1n) is 4.78. The van der Waals surface area contributed by atoms with Crippen LogP contribution in [0.15, 0.2) is 24.3 Å². The smallest absolute Gasteiger partial charge is 0.0656 e. The zero-order valence-electron chi connectivity index (χ0n) is 7.70. The average Bonchev–Trinajstić information content (AvgIpc) is 2.57. The van der Waals surface area contributed by atoms with Gasteiger partial charge in [-0.2, -0.15) is 0 Å². The van der Waals surface area contributed by atoms with Crippen molar-refractivity contribution in [3.05, 3.63) is 35.4 Å². The van der Waals surface area contributed by atoms with Crippen LogP contribution >= 0.6 is 0 Å². The van der Waals surface area contributed by atoms with Crippen molar-refractivity contribution in [3.8, 4) is 0 Å². The monoisotopic (exact) mass is 177 g/mol. The third kappa shape index (κ3) is 1.90. The molecule has 0 bridgehead atoms. The number of nitrogens with two attached hydrogens (primary N) is 1. The number of hydrogen-bond acceptors (Lipinski definition) is 2. The molecular weight excluding hydrogens is 162 g/mol. The maximum absolute atomic E-state index is 5.61. The Kier molecular flexibility index (Phi) is 2.62. The molecule has 0 saturated heterocycles. The average molecular weight is 177 g/mol. The summed E-state index contributed by atoms with van der Waals surface area (Å²) in [6.07, 6.45) is 2.47.